The molecule has 3 aromatic rings. The summed E-state index contributed by atoms with van der Waals surface area (Å²) in [4.78, 5) is 24.8. The Labute approximate surface area is 172 Å². The van der Waals surface area contributed by atoms with Crippen LogP contribution >= 0.6 is 23.2 Å². The lowest BCUT2D eigenvalue weighted by molar-refractivity contribution is -0.146. The Morgan fingerprint density at radius 3 is 2.64 bits per heavy atom. The molecule has 3 rings (SSSR count). The maximum absolute atomic E-state index is 12.7. The minimum absolute atomic E-state index is 0.262. The first-order valence-electron chi connectivity index (χ1n) is 8.86. The molecule has 2 aromatic heterocycles. The van der Waals surface area contributed by atoms with Crippen LogP contribution in [-0.4, -0.2) is 22.4 Å². The lowest BCUT2D eigenvalue weighted by Gasteiger charge is -2.12. The largest absolute Gasteiger partial charge is 0.464 e. The number of esters is 1. The first-order valence-corrected chi connectivity index (χ1v) is 9.62. The minimum Gasteiger partial charge on any atom is -0.464 e. The van der Waals surface area contributed by atoms with Crippen LogP contribution in [0.5, 0.6) is 0 Å². The lowest BCUT2D eigenvalue weighted by Crippen LogP contribution is -2.21. The number of benzene rings is 1. The summed E-state index contributed by atoms with van der Waals surface area (Å²) < 4.78 is 12.0. The summed E-state index contributed by atoms with van der Waals surface area (Å²) in [5.41, 5.74) is 2.57. The first-order chi connectivity index (χ1) is 13.2. The van der Waals surface area contributed by atoms with E-state index in [1.807, 2.05) is 19.9 Å². The summed E-state index contributed by atoms with van der Waals surface area (Å²) in [6.07, 6.45) is 0.346. The normalized spacial score (nSPS) is 12.4. The molecule has 1 atom stereocenters. The van der Waals surface area contributed by atoms with Gasteiger partial charge >= 0.3 is 11.6 Å². The predicted molar refractivity (Wildman–Crippen MR) is 108 cm³/mol. The number of fused-ring (bicyclic) bond motifs is 1. The molecule has 0 fully saturated rings. The van der Waals surface area contributed by atoms with Crippen molar-refractivity contribution in [3.05, 3.63) is 61.0 Å². The number of aryl methyl sites for hydroxylation is 2. The molecule has 0 aliphatic carbocycles. The number of hydrogen-bond donors (Lipinski definition) is 0. The number of rotatable bonds is 5. The van der Waals surface area contributed by atoms with Crippen LogP contribution in [0.1, 0.15) is 42.3 Å². The zero-order valence-electron chi connectivity index (χ0n) is 16.0. The van der Waals surface area contributed by atoms with Crippen molar-refractivity contribution in [3.8, 4) is 0 Å². The number of halogens is 2. The molecular weight excluding hydrogens is 403 g/mol. The summed E-state index contributed by atoms with van der Waals surface area (Å²) >= 11 is 12.0. The lowest BCUT2D eigenvalue weighted by atomic mass is 10.0. The van der Waals surface area contributed by atoms with Gasteiger partial charge in [-0.05, 0) is 51.0 Å². The molecule has 0 radical (unpaired) electrons. The fourth-order valence-electron chi connectivity index (χ4n) is 3.19. The van der Waals surface area contributed by atoms with Gasteiger partial charge in [0.25, 0.3) is 0 Å². The van der Waals surface area contributed by atoms with Crippen LogP contribution in [0.15, 0.2) is 27.4 Å². The van der Waals surface area contributed by atoms with Crippen LogP contribution in [0.3, 0.4) is 0 Å². The smallest absolute Gasteiger partial charge is 0.341 e. The zero-order chi connectivity index (χ0) is 20.6. The number of aromatic nitrogens is 2. The Balaban J connectivity index is 2.10. The van der Waals surface area contributed by atoms with E-state index in [2.05, 4.69) is 5.10 Å². The van der Waals surface area contributed by atoms with Crippen molar-refractivity contribution in [2.75, 3.05) is 6.61 Å². The van der Waals surface area contributed by atoms with Crippen molar-refractivity contribution in [2.45, 2.75) is 40.2 Å². The van der Waals surface area contributed by atoms with Crippen molar-refractivity contribution in [1.82, 2.24) is 9.78 Å². The number of carbonyl (C=O) groups excluding carboxylic acids is 1. The van der Waals surface area contributed by atoms with Crippen LogP contribution in [0.25, 0.3) is 11.1 Å². The monoisotopic (exact) mass is 422 g/mol. The van der Waals surface area contributed by atoms with E-state index in [9.17, 15) is 9.59 Å². The highest BCUT2D eigenvalue weighted by Gasteiger charge is 2.25. The van der Waals surface area contributed by atoms with E-state index < -0.39 is 17.6 Å². The van der Waals surface area contributed by atoms with Crippen molar-refractivity contribution in [3.63, 3.8) is 0 Å². The van der Waals surface area contributed by atoms with Crippen LogP contribution in [0.2, 0.25) is 10.0 Å². The Morgan fingerprint density at radius 1 is 1.29 bits per heavy atom. The topological polar surface area (TPSA) is 74.3 Å². The van der Waals surface area contributed by atoms with Crippen molar-refractivity contribution < 1.29 is 13.9 Å². The maximum atomic E-state index is 12.7. The number of hydrogen-bond acceptors (Lipinski definition) is 5. The average molecular weight is 423 g/mol. The Kier molecular flexibility index (Phi) is 5.82. The van der Waals surface area contributed by atoms with Crippen molar-refractivity contribution >= 4 is 40.3 Å². The zero-order valence-corrected chi connectivity index (χ0v) is 17.5. The molecular formula is C20H20Cl2N2O4. The predicted octanol–water partition coefficient (Wildman–Crippen LogP) is 4.63. The van der Waals surface area contributed by atoms with E-state index >= 15 is 0 Å². The molecule has 6 nitrogen and oxygen atoms in total. The fourth-order valence-corrected chi connectivity index (χ4v) is 3.51. The van der Waals surface area contributed by atoms with Gasteiger partial charge in [0.2, 0.25) is 5.71 Å². The van der Waals surface area contributed by atoms with Gasteiger partial charge in [0.1, 0.15) is 0 Å². The maximum Gasteiger partial charge on any atom is 0.341 e. The molecule has 0 amide bonds. The average Bonchev–Trinajstić information content (AvgIpc) is 2.97. The minimum atomic E-state index is -0.709. The van der Waals surface area contributed by atoms with Gasteiger partial charge in [-0.25, -0.2) is 14.3 Å². The van der Waals surface area contributed by atoms with E-state index in [1.54, 1.807) is 26.0 Å². The molecule has 0 saturated heterocycles. The standard InChI is InChI=1S/C20H20Cl2N2O4/c1-5-27-19(25)12(4)24-18-17(11(3)23-24)10(2)14(20(26)28-18)8-13-6-7-15(21)16(22)9-13/h6-7,9,12H,5,8H2,1-4H3. The molecule has 0 saturated carbocycles. The Hall–Kier alpha value is -2.31. The third-order valence-electron chi connectivity index (χ3n) is 4.66. The quantitative estimate of drug-likeness (QED) is 0.560. The molecule has 0 aliphatic rings. The molecule has 0 bridgehead atoms. The molecule has 0 N–H and O–H groups in total. The molecule has 2 heterocycles. The second-order valence-corrected chi connectivity index (χ2v) is 7.37. The molecule has 8 heteroatoms. The summed E-state index contributed by atoms with van der Waals surface area (Å²) in [6, 6.07) is 4.53. The second-order valence-electron chi connectivity index (χ2n) is 6.56. The molecule has 1 unspecified atom stereocenters. The summed E-state index contributed by atoms with van der Waals surface area (Å²) in [5.74, 6) is -0.438. The van der Waals surface area contributed by atoms with Gasteiger partial charge in [-0.2, -0.15) is 5.10 Å². The van der Waals surface area contributed by atoms with Crippen LogP contribution in [-0.2, 0) is 16.0 Å². The summed E-state index contributed by atoms with van der Waals surface area (Å²) in [6.45, 7) is 7.31. The number of carbonyl (C=O) groups is 1. The highest BCUT2D eigenvalue weighted by atomic mass is 35.5. The van der Waals surface area contributed by atoms with E-state index in [1.165, 1.54) is 4.68 Å². The van der Waals surface area contributed by atoms with Crippen LogP contribution in [0, 0.1) is 13.8 Å². The molecule has 148 valence electrons. The van der Waals surface area contributed by atoms with Gasteiger partial charge in [-0.3, -0.25) is 0 Å². The Bertz CT molecular complexity index is 1120. The van der Waals surface area contributed by atoms with Crippen molar-refractivity contribution in [1.29, 1.82) is 0 Å². The van der Waals surface area contributed by atoms with E-state index in [4.69, 9.17) is 32.4 Å². The summed E-state index contributed by atoms with van der Waals surface area (Å²) in [5, 5.41) is 6.01. The highest BCUT2D eigenvalue weighted by Crippen LogP contribution is 2.28. The van der Waals surface area contributed by atoms with Crippen molar-refractivity contribution in [2.24, 2.45) is 0 Å². The Morgan fingerprint density at radius 2 is 2.00 bits per heavy atom. The molecule has 28 heavy (non-hydrogen) atoms. The van der Waals surface area contributed by atoms with Gasteiger partial charge < -0.3 is 9.15 Å². The van der Waals surface area contributed by atoms with Crippen LogP contribution in [0.4, 0.5) is 0 Å². The van der Waals surface area contributed by atoms with Gasteiger partial charge in [0, 0.05) is 12.0 Å². The third-order valence-corrected chi connectivity index (χ3v) is 5.40. The van der Waals surface area contributed by atoms with E-state index in [-0.39, 0.29) is 12.3 Å². The highest BCUT2D eigenvalue weighted by molar-refractivity contribution is 6.42. The molecule has 0 spiro atoms. The van der Waals surface area contributed by atoms with Gasteiger partial charge in [0.15, 0.2) is 6.04 Å². The van der Waals surface area contributed by atoms with Gasteiger partial charge in [-0.15, -0.1) is 0 Å². The first kappa shape index (κ1) is 20.4. The SMILES string of the molecule is CCOC(=O)C(C)n1nc(C)c2c(C)c(Cc3ccc(Cl)c(Cl)c3)c(=O)oc21. The van der Waals surface area contributed by atoms with E-state index in [0.717, 1.165) is 11.1 Å². The molecule has 0 aliphatic heterocycles. The fraction of sp³-hybridized carbons (Fsp3) is 0.350. The van der Waals surface area contributed by atoms with Gasteiger partial charge in [0.05, 0.1) is 27.7 Å². The number of nitrogens with zero attached hydrogens (tertiary/aromatic N) is 2. The van der Waals surface area contributed by atoms with E-state index in [0.29, 0.717) is 33.1 Å². The third kappa shape index (κ3) is 3.66. The second kappa shape index (κ2) is 7.97. The summed E-state index contributed by atoms with van der Waals surface area (Å²) in [7, 11) is 0. The van der Waals surface area contributed by atoms with Crippen LogP contribution < -0.4 is 5.63 Å². The number of ether oxygens (including phenoxy) is 1. The molecule has 1 aromatic carbocycles. The van der Waals surface area contributed by atoms with Gasteiger partial charge in [-0.1, -0.05) is 29.3 Å².